The summed E-state index contributed by atoms with van der Waals surface area (Å²) in [5.41, 5.74) is 4.51. The molecule has 0 atom stereocenters. The molecule has 0 fully saturated rings. The Morgan fingerprint density at radius 1 is 0.970 bits per heavy atom. The molecule has 0 heterocycles. The molecule has 3 aromatic carbocycles. The molecular weight excluding hydrogens is 440 g/mol. The molecule has 0 aliphatic heterocycles. The van der Waals surface area contributed by atoms with Gasteiger partial charge in [0.15, 0.2) is 0 Å². The van der Waals surface area contributed by atoms with E-state index in [1.165, 1.54) is 12.3 Å². The van der Waals surface area contributed by atoms with Crippen molar-refractivity contribution in [2.24, 2.45) is 5.10 Å². The summed E-state index contributed by atoms with van der Waals surface area (Å²) in [6.07, 6.45) is 3.11. The maximum atomic E-state index is 12.9. The van der Waals surface area contributed by atoms with E-state index < -0.39 is 10.1 Å². The molecule has 0 unspecified atom stereocenters. The highest BCUT2D eigenvalue weighted by molar-refractivity contribution is 7.87. The van der Waals surface area contributed by atoms with Gasteiger partial charge >= 0.3 is 10.1 Å². The maximum absolute atomic E-state index is 12.9. The zero-order valence-electron chi connectivity index (χ0n) is 18.5. The number of para-hydroxylation sites is 1. The maximum Gasteiger partial charge on any atom is 0.339 e. The van der Waals surface area contributed by atoms with E-state index in [4.69, 9.17) is 8.92 Å². The third-order valence-corrected chi connectivity index (χ3v) is 6.05. The quantitative estimate of drug-likeness (QED) is 0.276. The lowest BCUT2D eigenvalue weighted by Crippen LogP contribution is -2.20. The summed E-state index contributed by atoms with van der Waals surface area (Å²) in [4.78, 5) is 12.3. The summed E-state index contributed by atoms with van der Waals surface area (Å²) < 4.78 is 36.2. The molecule has 172 valence electrons. The van der Waals surface area contributed by atoms with Gasteiger partial charge in [0.25, 0.3) is 0 Å². The molecule has 3 rings (SSSR count). The molecule has 8 heteroatoms. The van der Waals surface area contributed by atoms with Crippen LogP contribution in [0.3, 0.4) is 0 Å². The number of rotatable bonds is 10. The van der Waals surface area contributed by atoms with E-state index in [0.717, 1.165) is 24.0 Å². The number of benzene rings is 3. The molecule has 3 aromatic rings. The van der Waals surface area contributed by atoms with Gasteiger partial charge in [-0.2, -0.15) is 13.5 Å². The van der Waals surface area contributed by atoms with E-state index in [9.17, 15) is 13.2 Å². The van der Waals surface area contributed by atoms with Crippen molar-refractivity contribution in [3.63, 3.8) is 0 Å². The first kappa shape index (κ1) is 24.0. The van der Waals surface area contributed by atoms with Gasteiger partial charge in [0.1, 0.15) is 16.4 Å². The van der Waals surface area contributed by atoms with E-state index in [-0.39, 0.29) is 23.0 Å². The molecule has 0 saturated heterocycles. The second kappa shape index (κ2) is 11.3. The fourth-order valence-electron chi connectivity index (χ4n) is 3.20. The van der Waals surface area contributed by atoms with Crippen molar-refractivity contribution >= 4 is 22.2 Å². The zero-order valence-corrected chi connectivity index (χ0v) is 19.3. The van der Waals surface area contributed by atoms with Crippen molar-refractivity contribution in [1.82, 2.24) is 5.43 Å². The van der Waals surface area contributed by atoms with Gasteiger partial charge in [-0.05, 0) is 53.9 Å². The average Bonchev–Trinajstić information content (AvgIpc) is 2.80. The standard InChI is InChI=1S/C25H26N2O5S/c1-3-8-19-13-14-24(33(29,30)32-22-10-5-4-6-11-22)21(15-19)18-26-27-25(28)17-20-9-7-12-23(16-20)31-2/h4-7,9-16,18H,3,8,17H2,1-2H3,(H,27,28). The highest BCUT2D eigenvalue weighted by atomic mass is 32.2. The summed E-state index contributed by atoms with van der Waals surface area (Å²) in [6, 6.07) is 20.4. The van der Waals surface area contributed by atoms with Crippen molar-refractivity contribution in [3.05, 3.63) is 89.5 Å². The number of carbonyl (C=O) groups is 1. The topological polar surface area (TPSA) is 94.1 Å². The van der Waals surface area contributed by atoms with Crippen LogP contribution in [0.25, 0.3) is 0 Å². The first-order valence-electron chi connectivity index (χ1n) is 10.5. The van der Waals surface area contributed by atoms with Crippen LogP contribution in [-0.4, -0.2) is 27.6 Å². The second-order valence-electron chi connectivity index (χ2n) is 7.29. The fraction of sp³-hybridized carbons (Fsp3) is 0.200. The Kier molecular flexibility index (Phi) is 8.21. The number of nitrogens with one attached hydrogen (secondary N) is 1. The van der Waals surface area contributed by atoms with Crippen molar-refractivity contribution in [2.45, 2.75) is 31.1 Å². The molecule has 0 aliphatic carbocycles. The van der Waals surface area contributed by atoms with Crippen LogP contribution >= 0.6 is 0 Å². The van der Waals surface area contributed by atoms with Crippen molar-refractivity contribution < 1.29 is 22.1 Å². The van der Waals surface area contributed by atoms with Crippen LogP contribution in [0.15, 0.2) is 82.8 Å². The average molecular weight is 467 g/mol. The van der Waals surface area contributed by atoms with Gasteiger partial charge in [0.2, 0.25) is 5.91 Å². The van der Waals surface area contributed by atoms with Gasteiger partial charge < -0.3 is 8.92 Å². The normalized spacial score (nSPS) is 11.3. The van der Waals surface area contributed by atoms with Crippen LogP contribution in [0.1, 0.15) is 30.0 Å². The predicted octanol–water partition coefficient (Wildman–Crippen LogP) is 4.11. The Hall–Kier alpha value is -3.65. The van der Waals surface area contributed by atoms with E-state index in [1.807, 2.05) is 13.0 Å². The lowest BCUT2D eigenvalue weighted by Gasteiger charge is -2.11. The Labute approximate surface area is 194 Å². The molecule has 1 amide bonds. The van der Waals surface area contributed by atoms with Crippen molar-refractivity contribution in [1.29, 1.82) is 0 Å². The minimum Gasteiger partial charge on any atom is -0.497 e. The monoisotopic (exact) mass is 466 g/mol. The number of amides is 1. The molecular formula is C25H26N2O5S. The minimum atomic E-state index is -4.10. The van der Waals surface area contributed by atoms with Crippen LogP contribution in [0.2, 0.25) is 0 Å². The number of hydrazone groups is 1. The third kappa shape index (κ3) is 6.92. The van der Waals surface area contributed by atoms with Gasteiger partial charge in [-0.3, -0.25) is 4.79 Å². The number of hydrogen-bond donors (Lipinski definition) is 1. The van der Waals surface area contributed by atoms with Crippen LogP contribution < -0.4 is 14.3 Å². The highest BCUT2D eigenvalue weighted by Crippen LogP contribution is 2.22. The van der Waals surface area contributed by atoms with Crippen LogP contribution in [0, 0.1) is 0 Å². The molecule has 0 radical (unpaired) electrons. The molecule has 0 aliphatic rings. The molecule has 1 N–H and O–H groups in total. The largest absolute Gasteiger partial charge is 0.497 e. The van der Waals surface area contributed by atoms with Gasteiger partial charge in [-0.25, -0.2) is 5.43 Å². The summed E-state index contributed by atoms with van der Waals surface area (Å²) in [5.74, 6) is 0.531. The molecule has 0 aromatic heterocycles. The Bertz CT molecular complexity index is 1220. The SMILES string of the molecule is CCCc1ccc(S(=O)(=O)Oc2ccccc2)c(C=NNC(=O)Cc2cccc(OC)c2)c1. The van der Waals surface area contributed by atoms with E-state index in [1.54, 1.807) is 67.8 Å². The van der Waals surface area contributed by atoms with Crippen molar-refractivity contribution in [3.8, 4) is 11.5 Å². The Morgan fingerprint density at radius 3 is 2.45 bits per heavy atom. The van der Waals surface area contributed by atoms with E-state index >= 15 is 0 Å². The number of aryl methyl sites for hydroxylation is 1. The predicted molar refractivity (Wildman–Crippen MR) is 127 cm³/mol. The summed E-state index contributed by atoms with van der Waals surface area (Å²) in [7, 11) is -2.54. The van der Waals surface area contributed by atoms with Crippen molar-refractivity contribution in [2.75, 3.05) is 7.11 Å². The molecule has 33 heavy (non-hydrogen) atoms. The Balaban J connectivity index is 1.79. The fourth-order valence-corrected chi connectivity index (χ4v) is 4.29. The van der Waals surface area contributed by atoms with Gasteiger partial charge in [0, 0.05) is 5.56 Å². The summed E-state index contributed by atoms with van der Waals surface area (Å²) in [5, 5.41) is 3.99. The zero-order chi connectivity index (χ0) is 23.7. The molecule has 0 bridgehead atoms. The lowest BCUT2D eigenvalue weighted by atomic mass is 10.1. The lowest BCUT2D eigenvalue weighted by molar-refractivity contribution is -0.120. The first-order chi connectivity index (χ1) is 15.9. The van der Waals surface area contributed by atoms with Gasteiger partial charge in [-0.15, -0.1) is 0 Å². The van der Waals surface area contributed by atoms with E-state index in [0.29, 0.717) is 11.3 Å². The number of hydrogen-bond acceptors (Lipinski definition) is 6. The van der Waals surface area contributed by atoms with E-state index in [2.05, 4.69) is 10.5 Å². The first-order valence-corrected chi connectivity index (χ1v) is 11.9. The van der Waals surface area contributed by atoms with Gasteiger partial charge in [-0.1, -0.05) is 49.7 Å². The number of ether oxygens (including phenoxy) is 1. The molecule has 0 saturated carbocycles. The second-order valence-corrected chi connectivity index (χ2v) is 8.81. The smallest absolute Gasteiger partial charge is 0.339 e. The van der Waals surface area contributed by atoms with Crippen LogP contribution in [0.4, 0.5) is 0 Å². The number of nitrogens with zero attached hydrogens (tertiary/aromatic N) is 1. The third-order valence-electron chi connectivity index (χ3n) is 4.72. The number of methoxy groups -OCH3 is 1. The summed E-state index contributed by atoms with van der Waals surface area (Å²) >= 11 is 0. The molecule has 0 spiro atoms. The van der Waals surface area contributed by atoms with Crippen LogP contribution in [0.5, 0.6) is 11.5 Å². The number of carbonyl (C=O) groups excluding carboxylic acids is 1. The minimum absolute atomic E-state index is 0.0306. The van der Waals surface area contributed by atoms with Crippen LogP contribution in [-0.2, 0) is 27.8 Å². The summed E-state index contributed by atoms with van der Waals surface area (Å²) in [6.45, 7) is 2.04. The van der Waals surface area contributed by atoms with Gasteiger partial charge in [0.05, 0.1) is 19.7 Å². The highest BCUT2D eigenvalue weighted by Gasteiger charge is 2.21. The Morgan fingerprint density at radius 2 is 1.73 bits per heavy atom. The molecule has 7 nitrogen and oxygen atoms in total.